The number of rotatable bonds is 6. The van der Waals surface area contributed by atoms with Gasteiger partial charge in [0.05, 0.1) is 0 Å². The quantitative estimate of drug-likeness (QED) is 0.876. The van der Waals surface area contributed by atoms with Crippen molar-refractivity contribution in [2.24, 2.45) is 11.7 Å². The zero-order chi connectivity index (χ0) is 14.4. The summed E-state index contributed by atoms with van der Waals surface area (Å²) in [7, 11) is 0. The van der Waals surface area contributed by atoms with Gasteiger partial charge in [-0.25, -0.2) is 0 Å². The standard InChI is InChI=1S/C16H26N2OS/c1-2-13-8-9-18(14(11-13)12-17)16(19)7-3-5-15-6-4-10-20-15/h4,6,10,13-14H,2-3,5,7-9,11-12,17H2,1H3. The third-order valence-electron chi connectivity index (χ3n) is 4.39. The zero-order valence-corrected chi connectivity index (χ0v) is 13.2. The van der Waals surface area contributed by atoms with Gasteiger partial charge < -0.3 is 10.6 Å². The van der Waals surface area contributed by atoms with Crippen LogP contribution in [-0.4, -0.2) is 29.9 Å². The molecule has 20 heavy (non-hydrogen) atoms. The van der Waals surface area contributed by atoms with Gasteiger partial charge in [0, 0.05) is 30.4 Å². The number of hydrogen-bond donors (Lipinski definition) is 1. The summed E-state index contributed by atoms with van der Waals surface area (Å²) in [6.07, 6.45) is 6.06. The Bertz CT molecular complexity index is 405. The number of nitrogens with two attached hydrogens (primary N) is 1. The topological polar surface area (TPSA) is 46.3 Å². The summed E-state index contributed by atoms with van der Waals surface area (Å²) in [5, 5.41) is 2.09. The fourth-order valence-electron chi connectivity index (χ4n) is 3.07. The zero-order valence-electron chi connectivity index (χ0n) is 12.4. The third kappa shape index (κ3) is 4.06. The van der Waals surface area contributed by atoms with Gasteiger partial charge in [-0.2, -0.15) is 0 Å². The van der Waals surface area contributed by atoms with E-state index >= 15 is 0 Å². The maximum atomic E-state index is 12.4. The Morgan fingerprint density at radius 3 is 3.05 bits per heavy atom. The molecule has 112 valence electrons. The van der Waals surface area contributed by atoms with Gasteiger partial charge in [0.15, 0.2) is 0 Å². The normalized spacial score (nSPS) is 23.0. The van der Waals surface area contributed by atoms with Crippen LogP contribution in [0.4, 0.5) is 0 Å². The first kappa shape index (κ1) is 15.5. The van der Waals surface area contributed by atoms with Crippen molar-refractivity contribution in [2.75, 3.05) is 13.1 Å². The summed E-state index contributed by atoms with van der Waals surface area (Å²) >= 11 is 1.77. The van der Waals surface area contributed by atoms with Crippen molar-refractivity contribution in [3.8, 4) is 0 Å². The maximum Gasteiger partial charge on any atom is 0.222 e. The number of nitrogens with zero attached hydrogens (tertiary/aromatic N) is 1. The number of carbonyl (C=O) groups excluding carboxylic acids is 1. The van der Waals surface area contributed by atoms with E-state index < -0.39 is 0 Å². The second-order valence-corrected chi connectivity index (χ2v) is 6.74. The lowest BCUT2D eigenvalue weighted by molar-refractivity contribution is -0.135. The number of piperidine rings is 1. The molecule has 0 saturated carbocycles. The molecule has 2 atom stereocenters. The first-order chi connectivity index (χ1) is 9.74. The molecule has 0 spiro atoms. The van der Waals surface area contributed by atoms with Crippen molar-refractivity contribution in [3.63, 3.8) is 0 Å². The molecule has 0 aliphatic carbocycles. The van der Waals surface area contributed by atoms with Crippen LogP contribution in [0.2, 0.25) is 0 Å². The van der Waals surface area contributed by atoms with Gasteiger partial charge in [-0.05, 0) is 43.0 Å². The van der Waals surface area contributed by atoms with E-state index in [0.717, 1.165) is 38.1 Å². The second kappa shape index (κ2) is 7.79. The van der Waals surface area contributed by atoms with Crippen LogP contribution in [0, 0.1) is 5.92 Å². The van der Waals surface area contributed by atoms with Gasteiger partial charge in [-0.1, -0.05) is 19.4 Å². The van der Waals surface area contributed by atoms with Crippen molar-refractivity contribution in [1.82, 2.24) is 4.90 Å². The summed E-state index contributed by atoms with van der Waals surface area (Å²) < 4.78 is 0. The van der Waals surface area contributed by atoms with Crippen molar-refractivity contribution in [3.05, 3.63) is 22.4 Å². The Kier molecular flexibility index (Phi) is 6.05. The van der Waals surface area contributed by atoms with Crippen LogP contribution in [0.3, 0.4) is 0 Å². The van der Waals surface area contributed by atoms with Crippen LogP contribution in [0.25, 0.3) is 0 Å². The Hall–Kier alpha value is -0.870. The Morgan fingerprint density at radius 1 is 1.55 bits per heavy atom. The number of hydrogen-bond acceptors (Lipinski definition) is 3. The molecule has 1 aliphatic heterocycles. The summed E-state index contributed by atoms with van der Waals surface area (Å²) in [5.41, 5.74) is 5.86. The lowest BCUT2D eigenvalue weighted by atomic mass is 9.88. The molecule has 4 heteroatoms. The van der Waals surface area contributed by atoms with E-state index in [1.807, 2.05) is 4.90 Å². The fraction of sp³-hybridized carbons (Fsp3) is 0.688. The second-order valence-electron chi connectivity index (χ2n) is 5.71. The van der Waals surface area contributed by atoms with Gasteiger partial charge in [-0.3, -0.25) is 4.79 Å². The first-order valence-electron chi connectivity index (χ1n) is 7.76. The lowest BCUT2D eigenvalue weighted by Gasteiger charge is -2.39. The van der Waals surface area contributed by atoms with Gasteiger partial charge in [0.2, 0.25) is 5.91 Å². The lowest BCUT2D eigenvalue weighted by Crippen LogP contribution is -2.49. The van der Waals surface area contributed by atoms with E-state index in [4.69, 9.17) is 5.73 Å². The van der Waals surface area contributed by atoms with Gasteiger partial charge in [-0.15, -0.1) is 11.3 Å². The van der Waals surface area contributed by atoms with E-state index in [2.05, 4.69) is 24.4 Å². The predicted octanol–water partition coefficient (Wildman–Crippen LogP) is 3.05. The van der Waals surface area contributed by atoms with Crippen LogP contribution in [-0.2, 0) is 11.2 Å². The summed E-state index contributed by atoms with van der Waals surface area (Å²) in [4.78, 5) is 15.8. The fourth-order valence-corrected chi connectivity index (χ4v) is 3.82. The van der Waals surface area contributed by atoms with Crippen LogP contribution < -0.4 is 5.73 Å². The van der Waals surface area contributed by atoms with Crippen molar-refractivity contribution in [1.29, 1.82) is 0 Å². The number of thiophene rings is 1. The van der Waals surface area contributed by atoms with E-state index in [1.165, 1.54) is 11.3 Å². The Balaban J connectivity index is 1.78. The smallest absolute Gasteiger partial charge is 0.222 e. The molecule has 2 N–H and O–H groups in total. The molecule has 1 amide bonds. The van der Waals surface area contributed by atoms with E-state index in [9.17, 15) is 4.79 Å². The highest BCUT2D eigenvalue weighted by molar-refractivity contribution is 7.09. The molecular formula is C16H26N2OS. The number of amides is 1. The van der Waals surface area contributed by atoms with Gasteiger partial charge in [0.25, 0.3) is 0 Å². The number of likely N-dealkylation sites (tertiary alicyclic amines) is 1. The van der Waals surface area contributed by atoms with Crippen LogP contribution in [0.1, 0.15) is 43.9 Å². The van der Waals surface area contributed by atoms with E-state index in [0.29, 0.717) is 18.9 Å². The summed E-state index contributed by atoms with van der Waals surface area (Å²) in [6.45, 7) is 3.74. The number of aryl methyl sites for hydroxylation is 1. The predicted molar refractivity (Wildman–Crippen MR) is 84.8 cm³/mol. The van der Waals surface area contributed by atoms with Crippen LogP contribution in [0.5, 0.6) is 0 Å². The summed E-state index contributed by atoms with van der Waals surface area (Å²) in [6, 6.07) is 4.48. The van der Waals surface area contributed by atoms with Crippen molar-refractivity contribution in [2.45, 2.75) is 51.5 Å². The van der Waals surface area contributed by atoms with Crippen LogP contribution in [0.15, 0.2) is 17.5 Å². The molecule has 1 aromatic rings. The first-order valence-corrected chi connectivity index (χ1v) is 8.64. The molecule has 3 nitrogen and oxygen atoms in total. The van der Waals surface area contributed by atoms with Gasteiger partial charge in [0.1, 0.15) is 0 Å². The third-order valence-corrected chi connectivity index (χ3v) is 5.32. The molecule has 2 heterocycles. The number of carbonyl (C=O) groups is 1. The highest BCUT2D eigenvalue weighted by Gasteiger charge is 2.29. The molecule has 1 aliphatic rings. The van der Waals surface area contributed by atoms with Crippen molar-refractivity contribution < 1.29 is 4.79 Å². The van der Waals surface area contributed by atoms with E-state index in [-0.39, 0.29) is 6.04 Å². The minimum Gasteiger partial charge on any atom is -0.338 e. The van der Waals surface area contributed by atoms with Crippen LogP contribution >= 0.6 is 11.3 Å². The molecule has 1 fully saturated rings. The molecule has 0 radical (unpaired) electrons. The SMILES string of the molecule is CCC1CCN(C(=O)CCCc2cccs2)C(CN)C1. The minimum atomic E-state index is 0.267. The largest absolute Gasteiger partial charge is 0.338 e. The summed E-state index contributed by atoms with van der Waals surface area (Å²) in [5.74, 6) is 1.05. The van der Waals surface area contributed by atoms with E-state index in [1.54, 1.807) is 11.3 Å². The highest BCUT2D eigenvalue weighted by Crippen LogP contribution is 2.25. The monoisotopic (exact) mass is 294 g/mol. The molecule has 2 unspecified atom stereocenters. The van der Waals surface area contributed by atoms with Crippen molar-refractivity contribution >= 4 is 17.2 Å². The Labute approximate surface area is 126 Å². The Morgan fingerprint density at radius 2 is 2.40 bits per heavy atom. The molecule has 0 bridgehead atoms. The molecule has 0 aromatic carbocycles. The molecule has 1 aromatic heterocycles. The highest BCUT2D eigenvalue weighted by atomic mass is 32.1. The molecule has 2 rings (SSSR count). The average molecular weight is 294 g/mol. The van der Waals surface area contributed by atoms with Gasteiger partial charge >= 0.3 is 0 Å². The molecule has 1 saturated heterocycles. The molecular weight excluding hydrogens is 268 g/mol. The average Bonchev–Trinajstić information content (AvgIpc) is 2.99. The minimum absolute atomic E-state index is 0.267. The maximum absolute atomic E-state index is 12.4.